The number of aromatic nitrogens is 2. The smallest absolute Gasteiger partial charge is 0.337 e. The maximum Gasteiger partial charge on any atom is 0.337 e. The van der Waals surface area contributed by atoms with Crippen molar-refractivity contribution in [3.63, 3.8) is 0 Å². The van der Waals surface area contributed by atoms with Crippen LogP contribution in [-0.2, 0) is 23.1 Å². The molecule has 0 saturated heterocycles. The maximum absolute atomic E-state index is 12.9. The van der Waals surface area contributed by atoms with Crippen molar-refractivity contribution in [1.29, 1.82) is 0 Å². The van der Waals surface area contributed by atoms with E-state index in [2.05, 4.69) is 26.7 Å². The van der Waals surface area contributed by atoms with Crippen LogP contribution in [-0.4, -0.2) is 40.5 Å². The first kappa shape index (κ1) is 19.3. The van der Waals surface area contributed by atoms with Crippen LogP contribution in [0.2, 0.25) is 0 Å². The molecule has 0 saturated carbocycles. The number of hydrogen-bond donors (Lipinski definition) is 3. The van der Waals surface area contributed by atoms with Crippen molar-refractivity contribution in [1.82, 2.24) is 15.3 Å². The zero-order valence-corrected chi connectivity index (χ0v) is 16.4. The zero-order valence-electron chi connectivity index (χ0n) is 16.4. The molecule has 0 unspecified atom stereocenters. The van der Waals surface area contributed by atoms with E-state index in [1.54, 1.807) is 12.3 Å². The van der Waals surface area contributed by atoms with Gasteiger partial charge >= 0.3 is 5.97 Å². The number of allylic oxidation sites excluding steroid dienone is 1. The number of amides is 1. The number of pyridine rings is 2. The summed E-state index contributed by atoms with van der Waals surface area (Å²) in [5.74, 6) is -0.517. The van der Waals surface area contributed by atoms with Crippen LogP contribution in [0, 0.1) is 0 Å². The van der Waals surface area contributed by atoms with Crippen molar-refractivity contribution in [3.05, 3.63) is 58.6 Å². The minimum Gasteiger partial charge on any atom is -0.478 e. The van der Waals surface area contributed by atoms with E-state index in [9.17, 15) is 14.7 Å². The topological polar surface area (TPSA) is 104 Å². The molecule has 1 atom stereocenters. The molecule has 1 aliphatic carbocycles. The first-order valence-corrected chi connectivity index (χ1v) is 9.88. The van der Waals surface area contributed by atoms with Gasteiger partial charge < -0.3 is 15.7 Å². The Morgan fingerprint density at radius 2 is 2.14 bits per heavy atom. The molecule has 1 amide bonds. The molecule has 2 aromatic rings. The van der Waals surface area contributed by atoms with Crippen molar-refractivity contribution < 1.29 is 14.7 Å². The van der Waals surface area contributed by atoms with Gasteiger partial charge in [0.25, 0.3) is 0 Å². The molecular formula is C22H24N4O3. The highest BCUT2D eigenvalue weighted by Gasteiger charge is 2.51. The zero-order chi connectivity index (χ0) is 20.4. The molecule has 7 heteroatoms. The van der Waals surface area contributed by atoms with Gasteiger partial charge in [0, 0.05) is 30.1 Å². The average Bonchev–Trinajstić information content (AvgIpc) is 3.22. The van der Waals surface area contributed by atoms with E-state index in [-0.39, 0.29) is 11.5 Å². The van der Waals surface area contributed by atoms with Gasteiger partial charge in [0.15, 0.2) is 0 Å². The second kappa shape index (κ2) is 7.75. The Labute approximate surface area is 169 Å². The molecule has 3 N–H and O–H groups in total. The number of carbonyl (C=O) groups is 2. The predicted molar refractivity (Wildman–Crippen MR) is 110 cm³/mol. The van der Waals surface area contributed by atoms with Crippen LogP contribution in [0.25, 0.3) is 6.08 Å². The van der Waals surface area contributed by atoms with E-state index in [0.29, 0.717) is 18.7 Å². The number of aromatic carboxylic acids is 1. The van der Waals surface area contributed by atoms with Gasteiger partial charge in [0.1, 0.15) is 5.82 Å². The second-order valence-electron chi connectivity index (χ2n) is 7.69. The third-order valence-corrected chi connectivity index (χ3v) is 5.72. The first-order chi connectivity index (χ1) is 14.0. The molecular weight excluding hydrogens is 368 g/mol. The number of unbranched alkanes of at least 4 members (excludes halogenated alkanes) is 2. The number of anilines is 1. The van der Waals surface area contributed by atoms with Gasteiger partial charge in [0.05, 0.1) is 11.0 Å². The van der Waals surface area contributed by atoms with Gasteiger partial charge in [0.2, 0.25) is 5.91 Å². The van der Waals surface area contributed by atoms with Crippen LogP contribution >= 0.6 is 0 Å². The van der Waals surface area contributed by atoms with Crippen molar-refractivity contribution in [3.8, 4) is 0 Å². The van der Waals surface area contributed by atoms with Crippen molar-refractivity contribution in [2.75, 3.05) is 18.9 Å². The minimum atomic E-state index is -1.01. The van der Waals surface area contributed by atoms with E-state index >= 15 is 0 Å². The number of nitrogens with zero attached hydrogens (tertiary/aromatic N) is 2. The van der Waals surface area contributed by atoms with Crippen LogP contribution in [0.15, 0.2) is 30.6 Å². The van der Waals surface area contributed by atoms with Gasteiger partial charge in [-0.15, -0.1) is 0 Å². The van der Waals surface area contributed by atoms with Crippen LogP contribution in [0.4, 0.5) is 5.82 Å². The highest BCUT2D eigenvalue weighted by Crippen LogP contribution is 2.46. The Bertz CT molecular complexity index is 1000. The quantitative estimate of drug-likeness (QED) is 0.626. The summed E-state index contributed by atoms with van der Waals surface area (Å²) in [4.78, 5) is 32.9. The molecule has 1 spiro atoms. The van der Waals surface area contributed by atoms with Gasteiger partial charge in [-0.2, -0.15) is 0 Å². The van der Waals surface area contributed by atoms with E-state index in [1.807, 2.05) is 19.2 Å². The highest BCUT2D eigenvalue weighted by molar-refractivity contribution is 6.06. The molecule has 2 aliphatic rings. The van der Waals surface area contributed by atoms with Gasteiger partial charge in [-0.05, 0) is 62.5 Å². The molecule has 29 heavy (non-hydrogen) atoms. The van der Waals surface area contributed by atoms with E-state index < -0.39 is 11.4 Å². The number of carbonyl (C=O) groups excluding carboxylic acids is 1. The number of carboxylic acid groups (broad SMARTS) is 1. The Kier molecular flexibility index (Phi) is 5.15. The molecule has 0 aromatic carbocycles. The molecule has 4 rings (SSSR count). The number of nitrogens with one attached hydrogen (secondary N) is 2. The maximum atomic E-state index is 12.9. The van der Waals surface area contributed by atoms with Gasteiger partial charge in [-0.25, -0.2) is 9.78 Å². The van der Waals surface area contributed by atoms with E-state index in [1.165, 1.54) is 6.20 Å². The fraction of sp³-hybridized carbons (Fsp3) is 0.364. The van der Waals surface area contributed by atoms with Crippen LogP contribution in [0.3, 0.4) is 0 Å². The fourth-order valence-electron chi connectivity index (χ4n) is 4.16. The largest absolute Gasteiger partial charge is 0.478 e. The lowest BCUT2D eigenvalue weighted by Crippen LogP contribution is -2.35. The third-order valence-electron chi connectivity index (χ3n) is 5.72. The Hall–Kier alpha value is -3.06. The van der Waals surface area contributed by atoms with Gasteiger partial charge in [-0.3, -0.25) is 9.78 Å². The summed E-state index contributed by atoms with van der Waals surface area (Å²) in [6.07, 6.45) is 11.5. The summed E-state index contributed by atoms with van der Waals surface area (Å²) < 4.78 is 0. The fourth-order valence-corrected chi connectivity index (χ4v) is 4.16. The van der Waals surface area contributed by atoms with E-state index in [0.717, 1.165) is 48.2 Å². The van der Waals surface area contributed by atoms with Crippen molar-refractivity contribution in [2.24, 2.45) is 0 Å². The molecule has 150 valence electrons. The van der Waals surface area contributed by atoms with Crippen molar-refractivity contribution in [2.45, 2.75) is 37.5 Å². The number of hydrogen-bond acceptors (Lipinski definition) is 5. The van der Waals surface area contributed by atoms with Gasteiger partial charge in [-0.1, -0.05) is 12.2 Å². The molecule has 7 nitrogen and oxygen atoms in total. The summed E-state index contributed by atoms with van der Waals surface area (Å²) in [7, 11) is 1.95. The molecule has 1 aliphatic heterocycles. The summed E-state index contributed by atoms with van der Waals surface area (Å²) in [5, 5.41) is 15.3. The minimum absolute atomic E-state index is 0.0944. The lowest BCUT2D eigenvalue weighted by atomic mass is 9.79. The lowest BCUT2D eigenvalue weighted by molar-refractivity contribution is -0.120. The Balaban J connectivity index is 1.58. The summed E-state index contributed by atoms with van der Waals surface area (Å²) >= 11 is 0. The number of carboxylic acids is 1. The lowest BCUT2D eigenvalue weighted by Gasteiger charge is -2.20. The molecule has 2 aromatic heterocycles. The summed E-state index contributed by atoms with van der Waals surface area (Å²) in [6, 6.07) is 3.65. The van der Waals surface area contributed by atoms with Crippen molar-refractivity contribution >= 4 is 23.8 Å². The van der Waals surface area contributed by atoms with E-state index in [4.69, 9.17) is 0 Å². The monoisotopic (exact) mass is 392 g/mol. The van der Waals surface area contributed by atoms with Crippen LogP contribution < -0.4 is 10.6 Å². The van der Waals surface area contributed by atoms with Crippen LogP contribution in [0.5, 0.6) is 0 Å². The summed E-state index contributed by atoms with van der Waals surface area (Å²) in [6.45, 7) is 1.02. The molecule has 3 heterocycles. The predicted octanol–water partition coefficient (Wildman–Crippen LogP) is 2.57. The molecule has 0 bridgehead atoms. The molecule has 0 radical (unpaired) electrons. The Morgan fingerprint density at radius 1 is 1.28 bits per heavy atom. The Morgan fingerprint density at radius 3 is 2.93 bits per heavy atom. The number of rotatable bonds is 7. The van der Waals surface area contributed by atoms with Crippen LogP contribution in [0.1, 0.15) is 52.0 Å². The first-order valence-electron chi connectivity index (χ1n) is 9.88. The normalized spacial score (nSPS) is 19.6. The standard InChI is InChI=1S/C22H24N4O3/c1-23-7-5-3-2-4-6-14-8-17-19(25-12-14)26-21(29)22(17)10-15-9-16(20(27)28)13-24-18(15)11-22/h4,6,8-9,12-13,23H,2-3,5,7,10-11H2,1H3,(H,27,28)(H,25,26,29)/b6-4+/t22-/m0/s1. The number of fused-ring (bicyclic) bond motifs is 3. The highest BCUT2D eigenvalue weighted by atomic mass is 16.4. The SMILES string of the molecule is CNCCCC/C=C/c1cnc2c(c1)[C@@]1(Cc3cc(C(=O)O)cnc3C1)C(=O)N2. The molecule has 0 fully saturated rings. The average molecular weight is 392 g/mol. The third kappa shape index (κ3) is 3.53. The second-order valence-corrected chi connectivity index (χ2v) is 7.69. The summed E-state index contributed by atoms with van der Waals surface area (Å²) in [5.41, 5.74) is 2.82.